The molecule has 1 N–H and O–H groups in total. The Hall–Kier alpha value is -2.51. The normalized spacial score (nSPS) is 16.0. The zero-order valence-electron chi connectivity index (χ0n) is 15.9. The van der Waals surface area contributed by atoms with Gasteiger partial charge in [0.05, 0.1) is 17.3 Å². The number of likely N-dealkylation sites (N-methyl/N-ethyl adjacent to an activating group) is 1. The molecule has 0 spiro atoms. The Morgan fingerprint density at radius 3 is 2.63 bits per heavy atom. The number of benzene rings is 1. The second kappa shape index (κ2) is 8.45. The van der Waals surface area contributed by atoms with Gasteiger partial charge in [0.15, 0.2) is 5.65 Å². The predicted molar refractivity (Wildman–Crippen MR) is 108 cm³/mol. The summed E-state index contributed by atoms with van der Waals surface area (Å²) >= 11 is 0. The highest BCUT2D eigenvalue weighted by Gasteiger charge is 2.13. The molecule has 7 nitrogen and oxygen atoms in total. The van der Waals surface area contributed by atoms with E-state index in [0.717, 1.165) is 35.5 Å². The van der Waals surface area contributed by atoms with Gasteiger partial charge in [-0.15, -0.1) is 0 Å². The largest absolute Gasteiger partial charge is 0.369 e. The first-order chi connectivity index (χ1) is 13.3. The molecule has 0 atom stereocenters. The van der Waals surface area contributed by atoms with Gasteiger partial charge in [0.2, 0.25) is 0 Å². The summed E-state index contributed by atoms with van der Waals surface area (Å²) in [6.45, 7) is 6.84. The molecular weight excluding hydrogens is 338 g/mol. The topological polar surface area (TPSA) is 62.1 Å². The average Bonchev–Trinajstić information content (AvgIpc) is 3.15. The fourth-order valence-electron chi connectivity index (χ4n) is 3.48. The first-order valence-electron chi connectivity index (χ1n) is 9.70. The quantitative estimate of drug-likeness (QED) is 0.648. The van der Waals surface area contributed by atoms with Crippen molar-refractivity contribution >= 4 is 16.9 Å². The van der Waals surface area contributed by atoms with Gasteiger partial charge >= 0.3 is 0 Å². The van der Waals surface area contributed by atoms with E-state index in [1.54, 1.807) is 6.33 Å². The highest BCUT2D eigenvalue weighted by atomic mass is 15.3. The number of unbranched alkanes of at least 4 members (excludes halogenated alkanes) is 1. The highest BCUT2D eigenvalue weighted by Crippen LogP contribution is 2.21. The number of anilines is 1. The molecule has 4 rings (SSSR count). The molecule has 1 saturated heterocycles. The maximum absolute atomic E-state index is 4.50. The van der Waals surface area contributed by atoms with Crippen LogP contribution in [-0.2, 0) is 0 Å². The molecule has 27 heavy (non-hydrogen) atoms. The maximum Gasteiger partial charge on any atom is 0.168 e. The third kappa shape index (κ3) is 4.26. The number of piperazine rings is 1. The van der Waals surface area contributed by atoms with Crippen LogP contribution in [0.3, 0.4) is 0 Å². The standard InChI is InChI=1S/C20H27N7/c1-25-11-13-26(14-12-25)10-6-5-9-21-19-18-15-24-27(20(18)23-16-22-19)17-7-3-2-4-8-17/h2-4,7-8,15-16H,5-6,9-14H2,1H3,(H,21,22,23). The van der Waals surface area contributed by atoms with Crippen molar-refractivity contribution in [3.8, 4) is 5.69 Å². The van der Waals surface area contributed by atoms with E-state index < -0.39 is 0 Å². The smallest absolute Gasteiger partial charge is 0.168 e. The molecule has 0 aliphatic carbocycles. The van der Waals surface area contributed by atoms with Gasteiger partial charge in [-0.25, -0.2) is 14.6 Å². The van der Waals surface area contributed by atoms with Crippen LogP contribution >= 0.6 is 0 Å². The lowest BCUT2D eigenvalue weighted by molar-refractivity contribution is 0.152. The van der Waals surface area contributed by atoms with Crippen LogP contribution in [0.15, 0.2) is 42.9 Å². The average molecular weight is 365 g/mol. The van der Waals surface area contributed by atoms with Crippen molar-refractivity contribution in [3.63, 3.8) is 0 Å². The summed E-state index contributed by atoms with van der Waals surface area (Å²) in [5.74, 6) is 0.863. The zero-order valence-corrected chi connectivity index (χ0v) is 15.9. The molecule has 3 heterocycles. The van der Waals surface area contributed by atoms with Crippen molar-refractivity contribution in [1.82, 2.24) is 29.5 Å². The number of fused-ring (bicyclic) bond motifs is 1. The Morgan fingerprint density at radius 2 is 1.81 bits per heavy atom. The molecule has 1 aliphatic rings. The van der Waals surface area contributed by atoms with E-state index in [-0.39, 0.29) is 0 Å². The number of hydrogen-bond donors (Lipinski definition) is 1. The Balaban J connectivity index is 1.32. The van der Waals surface area contributed by atoms with Crippen LogP contribution in [0.2, 0.25) is 0 Å². The number of aromatic nitrogens is 4. The first-order valence-corrected chi connectivity index (χ1v) is 9.70. The summed E-state index contributed by atoms with van der Waals surface area (Å²) in [5, 5.41) is 8.93. The second-order valence-corrected chi connectivity index (χ2v) is 7.13. The van der Waals surface area contributed by atoms with Crippen molar-refractivity contribution in [2.24, 2.45) is 0 Å². The molecule has 1 aromatic carbocycles. The van der Waals surface area contributed by atoms with Crippen LogP contribution in [0.1, 0.15) is 12.8 Å². The van der Waals surface area contributed by atoms with Gasteiger partial charge in [0.1, 0.15) is 12.1 Å². The first kappa shape index (κ1) is 17.9. The summed E-state index contributed by atoms with van der Waals surface area (Å²) in [6, 6.07) is 10.1. The van der Waals surface area contributed by atoms with Crippen molar-refractivity contribution in [2.75, 3.05) is 51.6 Å². The van der Waals surface area contributed by atoms with E-state index in [0.29, 0.717) is 0 Å². The van der Waals surface area contributed by atoms with Crippen molar-refractivity contribution in [2.45, 2.75) is 12.8 Å². The van der Waals surface area contributed by atoms with E-state index in [1.165, 1.54) is 39.1 Å². The fourth-order valence-corrected chi connectivity index (χ4v) is 3.48. The lowest BCUT2D eigenvalue weighted by Gasteiger charge is -2.32. The van der Waals surface area contributed by atoms with Gasteiger partial charge in [-0.05, 0) is 38.6 Å². The lowest BCUT2D eigenvalue weighted by atomic mass is 10.2. The minimum atomic E-state index is 0.830. The minimum absolute atomic E-state index is 0.830. The van der Waals surface area contributed by atoms with Crippen LogP contribution in [0.5, 0.6) is 0 Å². The molecular formula is C20H27N7. The molecule has 0 radical (unpaired) electrons. The van der Waals surface area contributed by atoms with Gasteiger partial charge in [-0.3, -0.25) is 0 Å². The highest BCUT2D eigenvalue weighted by molar-refractivity contribution is 5.87. The van der Waals surface area contributed by atoms with Gasteiger partial charge in [-0.2, -0.15) is 5.10 Å². The van der Waals surface area contributed by atoms with Crippen molar-refractivity contribution < 1.29 is 0 Å². The van der Waals surface area contributed by atoms with Crippen LogP contribution < -0.4 is 5.32 Å². The summed E-state index contributed by atoms with van der Waals surface area (Å²) in [4.78, 5) is 13.8. The van der Waals surface area contributed by atoms with E-state index >= 15 is 0 Å². The molecule has 1 aliphatic heterocycles. The molecule has 0 bridgehead atoms. The summed E-state index contributed by atoms with van der Waals surface area (Å²) in [6.07, 6.45) is 5.78. The maximum atomic E-state index is 4.50. The molecule has 7 heteroatoms. The van der Waals surface area contributed by atoms with E-state index in [2.05, 4.69) is 37.2 Å². The number of rotatable bonds is 7. The van der Waals surface area contributed by atoms with Crippen LogP contribution in [0, 0.1) is 0 Å². The Kier molecular flexibility index (Phi) is 5.60. The number of para-hydroxylation sites is 1. The Labute approximate surface area is 160 Å². The molecule has 0 saturated carbocycles. The van der Waals surface area contributed by atoms with Gasteiger partial charge < -0.3 is 15.1 Å². The van der Waals surface area contributed by atoms with Crippen LogP contribution in [0.25, 0.3) is 16.7 Å². The van der Waals surface area contributed by atoms with Gasteiger partial charge in [0, 0.05) is 32.7 Å². The van der Waals surface area contributed by atoms with Crippen molar-refractivity contribution in [3.05, 3.63) is 42.9 Å². The molecule has 0 amide bonds. The van der Waals surface area contributed by atoms with Crippen LogP contribution in [-0.4, -0.2) is 75.9 Å². The Bertz CT molecular complexity index is 853. The van der Waals surface area contributed by atoms with E-state index in [1.807, 2.05) is 41.2 Å². The molecule has 1 fully saturated rings. The zero-order chi connectivity index (χ0) is 18.5. The van der Waals surface area contributed by atoms with Gasteiger partial charge in [-0.1, -0.05) is 18.2 Å². The second-order valence-electron chi connectivity index (χ2n) is 7.13. The van der Waals surface area contributed by atoms with Crippen LogP contribution in [0.4, 0.5) is 5.82 Å². The number of hydrogen-bond acceptors (Lipinski definition) is 6. The Morgan fingerprint density at radius 1 is 1.00 bits per heavy atom. The fraction of sp³-hybridized carbons (Fsp3) is 0.450. The third-order valence-electron chi connectivity index (χ3n) is 5.16. The summed E-state index contributed by atoms with van der Waals surface area (Å²) < 4.78 is 1.86. The van der Waals surface area contributed by atoms with E-state index in [4.69, 9.17) is 0 Å². The van der Waals surface area contributed by atoms with Crippen molar-refractivity contribution in [1.29, 1.82) is 0 Å². The summed E-state index contributed by atoms with van der Waals surface area (Å²) in [7, 11) is 2.20. The third-order valence-corrected chi connectivity index (χ3v) is 5.16. The van der Waals surface area contributed by atoms with E-state index in [9.17, 15) is 0 Å². The minimum Gasteiger partial charge on any atom is -0.369 e. The number of nitrogens with one attached hydrogen (secondary N) is 1. The molecule has 142 valence electrons. The summed E-state index contributed by atoms with van der Waals surface area (Å²) in [5.41, 5.74) is 1.83. The molecule has 3 aromatic rings. The SMILES string of the molecule is CN1CCN(CCCCNc2ncnc3c2cnn3-c2ccccc2)CC1. The number of nitrogens with zero attached hydrogens (tertiary/aromatic N) is 6. The lowest BCUT2D eigenvalue weighted by Crippen LogP contribution is -2.44. The molecule has 2 aromatic heterocycles. The monoisotopic (exact) mass is 365 g/mol. The predicted octanol–water partition coefficient (Wildman–Crippen LogP) is 2.25. The van der Waals surface area contributed by atoms with Gasteiger partial charge in [0.25, 0.3) is 0 Å². The molecule has 0 unspecified atom stereocenters.